The number of amides is 1. The lowest BCUT2D eigenvalue weighted by molar-refractivity contribution is -0.130. The molecule has 7 nitrogen and oxygen atoms in total. The first kappa shape index (κ1) is 15.5. The van der Waals surface area contributed by atoms with E-state index in [1.807, 2.05) is 6.07 Å². The van der Waals surface area contributed by atoms with Gasteiger partial charge in [-0.25, -0.2) is 9.36 Å². The van der Waals surface area contributed by atoms with E-state index in [0.29, 0.717) is 31.7 Å². The SMILES string of the molecule is N#Cc1c2n(c(=O)n(CC(=O)N3CCCC3)c1=O)CCCCC2. The third-order valence-corrected chi connectivity index (χ3v) is 4.69. The van der Waals surface area contributed by atoms with Crippen molar-refractivity contribution in [2.75, 3.05) is 13.1 Å². The zero-order valence-electron chi connectivity index (χ0n) is 13.1. The van der Waals surface area contributed by atoms with Crippen LogP contribution in [0.4, 0.5) is 0 Å². The molecule has 0 radical (unpaired) electrons. The number of hydrogen-bond donors (Lipinski definition) is 0. The fourth-order valence-corrected chi connectivity index (χ4v) is 3.42. The van der Waals surface area contributed by atoms with Gasteiger partial charge < -0.3 is 4.90 Å². The number of carbonyl (C=O) groups excluding carboxylic acids is 1. The number of hydrogen-bond acceptors (Lipinski definition) is 4. The van der Waals surface area contributed by atoms with Crippen LogP contribution in [0.2, 0.25) is 0 Å². The standard InChI is InChI=1S/C16H20N4O3/c17-10-12-13-6-2-1-3-9-19(13)16(23)20(15(12)22)11-14(21)18-7-4-5-8-18/h1-9,11H2. The summed E-state index contributed by atoms with van der Waals surface area (Å²) in [6.45, 7) is 1.57. The topological polar surface area (TPSA) is 88.1 Å². The van der Waals surface area contributed by atoms with Gasteiger partial charge in [0.05, 0.1) is 0 Å². The smallest absolute Gasteiger partial charge is 0.331 e. The Morgan fingerprint density at radius 2 is 1.74 bits per heavy atom. The summed E-state index contributed by atoms with van der Waals surface area (Å²) in [5, 5.41) is 9.35. The Balaban J connectivity index is 2.05. The minimum atomic E-state index is -0.627. The first-order valence-corrected chi connectivity index (χ1v) is 8.18. The van der Waals surface area contributed by atoms with Gasteiger partial charge in [0.2, 0.25) is 5.91 Å². The summed E-state index contributed by atoms with van der Waals surface area (Å²) in [5.74, 6) is -0.222. The van der Waals surface area contributed by atoms with Crippen molar-refractivity contribution in [3.05, 3.63) is 32.1 Å². The molecule has 0 bridgehead atoms. The molecule has 2 aliphatic rings. The monoisotopic (exact) mass is 316 g/mol. The maximum atomic E-state index is 12.7. The van der Waals surface area contributed by atoms with Crippen LogP contribution in [0.3, 0.4) is 0 Å². The molecule has 1 aromatic heterocycles. The van der Waals surface area contributed by atoms with Crippen LogP contribution in [0.15, 0.2) is 9.59 Å². The van der Waals surface area contributed by atoms with Crippen molar-refractivity contribution in [3.8, 4) is 6.07 Å². The van der Waals surface area contributed by atoms with Gasteiger partial charge in [0, 0.05) is 25.3 Å². The molecular weight excluding hydrogens is 296 g/mol. The maximum Gasteiger partial charge on any atom is 0.331 e. The highest BCUT2D eigenvalue weighted by molar-refractivity contribution is 5.76. The highest BCUT2D eigenvalue weighted by Gasteiger charge is 2.24. The minimum Gasteiger partial charge on any atom is -0.341 e. The van der Waals surface area contributed by atoms with Crippen molar-refractivity contribution in [2.24, 2.45) is 0 Å². The third-order valence-electron chi connectivity index (χ3n) is 4.69. The summed E-state index contributed by atoms with van der Waals surface area (Å²) in [6, 6.07) is 1.94. The summed E-state index contributed by atoms with van der Waals surface area (Å²) in [4.78, 5) is 39.1. The van der Waals surface area contributed by atoms with Crippen molar-refractivity contribution >= 4 is 5.91 Å². The molecule has 2 aliphatic heterocycles. The van der Waals surface area contributed by atoms with Crippen molar-refractivity contribution in [2.45, 2.75) is 51.6 Å². The molecule has 0 atom stereocenters. The Labute approximate surface area is 133 Å². The number of likely N-dealkylation sites (tertiary alicyclic amines) is 1. The molecule has 1 saturated heterocycles. The third kappa shape index (κ3) is 2.81. The van der Waals surface area contributed by atoms with Crippen LogP contribution < -0.4 is 11.2 Å². The lowest BCUT2D eigenvalue weighted by Gasteiger charge is -2.18. The highest BCUT2D eigenvalue weighted by atomic mass is 16.2. The first-order valence-electron chi connectivity index (χ1n) is 8.18. The number of aromatic nitrogens is 2. The van der Waals surface area contributed by atoms with Gasteiger partial charge in [-0.1, -0.05) is 6.42 Å². The fraction of sp³-hybridized carbons (Fsp3) is 0.625. The van der Waals surface area contributed by atoms with Gasteiger partial charge >= 0.3 is 5.69 Å². The molecule has 0 N–H and O–H groups in total. The summed E-state index contributed by atoms with van der Waals surface area (Å²) in [6.07, 6.45) is 5.14. The van der Waals surface area contributed by atoms with Crippen LogP contribution in [0.5, 0.6) is 0 Å². The Morgan fingerprint density at radius 1 is 1.04 bits per heavy atom. The van der Waals surface area contributed by atoms with E-state index in [2.05, 4.69) is 0 Å². The van der Waals surface area contributed by atoms with Gasteiger partial charge in [-0.3, -0.25) is 14.2 Å². The number of fused-ring (bicyclic) bond motifs is 1. The zero-order chi connectivity index (χ0) is 16.4. The largest absolute Gasteiger partial charge is 0.341 e. The Morgan fingerprint density at radius 3 is 2.43 bits per heavy atom. The van der Waals surface area contributed by atoms with Crippen LogP contribution in [0.1, 0.15) is 43.4 Å². The second kappa shape index (κ2) is 6.41. The first-order chi connectivity index (χ1) is 11.1. The Kier molecular flexibility index (Phi) is 4.33. The Hall–Kier alpha value is -2.36. The van der Waals surface area contributed by atoms with Gasteiger partial charge in [-0.05, 0) is 32.1 Å². The molecule has 3 heterocycles. The van der Waals surface area contributed by atoms with Crippen molar-refractivity contribution in [1.29, 1.82) is 5.26 Å². The van der Waals surface area contributed by atoms with Gasteiger partial charge in [-0.2, -0.15) is 5.26 Å². The van der Waals surface area contributed by atoms with Crippen molar-refractivity contribution < 1.29 is 4.79 Å². The van der Waals surface area contributed by atoms with E-state index in [1.165, 1.54) is 4.57 Å². The zero-order valence-corrected chi connectivity index (χ0v) is 13.1. The van der Waals surface area contributed by atoms with Gasteiger partial charge in [0.15, 0.2) is 0 Å². The molecule has 1 amide bonds. The minimum absolute atomic E-state index is 0.0146. The number of nitrogens with zero attached hydrogens (tertiary/aromatic N) is 4. The summed E-state index contributed by atoms with van der Waals surface area (Å²) in [5.41, 5.74) is -0.540. The van der Waals surface area contributed by atoms with Gasteiger partial charge in [0.25, 0.3) is 5.56 Å². The van der Waals surface area contributed by atoms with Crippen molar-refractivity contribution in [3.63, 3.8) is 0 Å². The molecule has 0 aliphatic carbocycles. The summed E-state index contributed by atoms with van der Waals surface area (Å²) < 4.78 is 2.46. The molecule has 1 aromatic rings. The van der Waals surface area contributed by atoms with Gasteiger partial charge in [-0.15, -0.1) is 0 Å². The molecule has 1 fully saturated rings. The second-order valence-corrected chi connectivity index (χ2v) is 6.16. The van der Waals surface area contributed by atoms with E-state index in [-0.39, 0.29) is 18.0 Å². The van der Waals surface area contributed by atoms with E-state index in [4.69, 9.17) is 0 Å². The number of nitriles is 1. The fourth-order valence-electron chi connectivity index (χ4n) is 3.42. The molecular formula is C16H20N4O3. The van der Waals surface area contributed by atoms with Crippen molar-refractivity contribution in [1.82, 2.24) is 14.0 Å². The van der Waals surface area contributed by atoms with Crippen LogP contribution in [0, 0.1) is 11.3 Å². The van der Waals surface area contributed by atoms with E-state index < -0.39 is 11.2 Å². The summed E-state index contributed by atoms with van der Waals surface area (Å²) >= 11 is 0. The second-order valence-electron chi connectivity index (χ2n) is 6.16. The molecule has 122 valence electrons. The summed E-state index contributed by atoms with van der Waals surface area (Å²) in [7, 11) is 0. The molecule has 3 rings (SSSR count). The molecule has 0 spiro atoms. The van der Waals surface area contributed by atoms with Gasteiger partial charge in [0.1, 0.15) is 18.2 Å². The lowest BCUT2D eigenvalue weighted by Crippen LogP contribution is -2.46. The van der Waals surface area contributed by atoms with Crippen LogP contribution in [-0.2, 0) is 24.3 Å². The molecule has 23 heavy (non-hydrogen) atoms. The Bertz CT molecular complexity index is 778. The molecule has 0 saturated carbocycles. The molecule has 0 aromatic carbocycles. The van der Waals surface area contributed by atoms with E-state index >= 15 is 0 Å². The predicted octanol–water partition coefficient (Wildman–Crippen LogP) is 0.230. The van der Waals surface area contributed by atoms with Crippen LogP contribution in [0.25, 0.3) is 0 Å². The predicted molar refractivity (Wildman–Crippen MR) is 83.0 cm³/mol. The van der Waals surface area contributed by atoms with E-state index in [1.54, 1.807) is 4.90 Å². The van der Waals surface area contributed by atoms with Crippen LogP contribution >= 0.6 is 0 Å². The van der Waals surface area contributed by atoms with Crippen LogP contribution in [-0.4, -0.2) is 33.0 Å². The maximum absolute atomic E-state index is 12.7. The quantitative estimate of drug-likeness (QED) is 0.781. The lowest BCUT2D eigenvalue weighted by atomic mass is 10.1. The molecule has 0 unspecified atom stereocenters. The average Bonchev–Trinajstić information content (AvgIpc) is 2.98. The average molecular weight is 316 g/mol. The highest BCUT2D eigenvalue weighted by Crippen LogP contribution is 2.14. The normalized spacial score (nSPS) is 17.4. The number of rotatable bonds is 2. The van der Waals surface area contributed by atoms with E-state index in [0.717, 1.165) is 36.7 Å². The number of carbonyl (C=O) groups is 1. The molecule has 7 heteroatoms. The van der Waals surface area contributed by atoms with E-state index in [9.17, 15) is 19.6 Å².